The topological polar surface area (TPSA) is 100 Å². The second-order valence-electron chi connectivity index (χ2n) is 4.17. The van der Waals surface area contributed by atoms with Gasteiger partial charge in [-0.2, -0.15) is 0 Å². The van der Waals surface area contributed by atoms with E-state index in [1.165, 1.54) is 4.90 Å². The fourth-order valence-electron chi connectivity index (χ4n) is 1.49. The maximum absolute atomic E-state index is 11.6. The molecule has 0 unspecified atom stereocenters. The molecule has 1 rings (SSSR count). The number of aromatic nitrogens is 3. The lowest BCUT2D eigenvalue weighted by Crippen LogP contribution is -2.38. The number of nitrogens with zero attached hydrogens (tertiary/aromatic N) is 4. The number of urea groups is 1. The normalized spacial score (nSPS) is 10.2. The third-order valence-corrected chi connectivity index (χ3v) is 2.54. The van der Waals surface area contributed by atoms with Crippen molar-refractivity contribution in [2.24, 2.45) is 0 Å². The summed E-state index contributed by atoms with van der Waals surface area (Å²) < 4.78 is 1.70. The fraction of sp³-hybridized carbons (Fsp3) is 0.636. The second-order valence-corrected chi connectivity index (χ2v) is 4.17. The van der Waals surface area contributed by atoms with Crippen molar-refractivity contribution in [1.82, 2.24) is 25.2 Å². The van der Waals surface area contributed by atoms with Crippen LogP contribution in [0.4, 0.5) is 4.79 Å². The number of aryl methyl sites for hydroxylation is 1. The molecule has 0 atom stereocenters. The summed E-state index contributed by atoms with van der Waals surface area (Å²) in [7, 11) is 1.65. The van der Waals surface area contributed by atoms with Crippen LogP contribution in [-0.4, -0.2) is 57.1 Å². The Bertz CT molecular complexity index is 393. The Morgan fingerprint density at radius 2 is 2.21 bits per heavy atom. The van der Waals surface area contributed by atoms with Crippen LogP contribution in [0.25, 0.3) is 0 Å². The van der Waals surface area contributed by atoms with E-state index in [1.54, 1.807) is 24.1 Å². The number of amides is 2. The van der Waals surface area contributed by atoms with Gasteiger partial charge in [0.1, 0.15) is 0 Å². The highest BCUT2D eigenvalue weighted by Crippen LogP contribution is 1.94. The van der Waals surface area contributed by atoms with Crippen molar-refractivity contribution >= 4 is 12.0 Å². The van der Waals surface area contributed by atoms with Crippen LogP contribution in [-0.2, 0) is 11.3 Å². The maximum atomic E-state index is 11.6. The number of rotatable bonds is 8. The van der Waals surface area contributed by atoms with Crippen molar-refractivity contribution in [3.05, 3.63) is 12.4 Å². The van der Waals surface area contributed by atoms with E-state index in [9.17, 15) is 9.59 Å². The van der Waals surface area contributed by atoms with Crippen LogP contribution in [0.3, 0.4) is 0 Å². The molecule has 0 aliphatic rings. The van der Waals surface area contributed by atoms with Gasteiger partial charge in [-0.3, -0.25) is 9.48 Å². The van der Waals surface area contributed by atoms with E-state index < -0.39 is 5.97 Å². The van der Waals surface area contributed by atoms with Crippen molar-refractivity contribution in [3.63, 3.8) is 0 Å². The van der Waals surface area contributed by atoms with E-state index in [1.807, 2.05) is 0 Å². The van der Waals surface area contributed by atoms with Gasteiger partial charge in [0.2, 0.25) is 0 Å². The minimum atomic E-state index is -0.846. The van der Waals surface area contributed by atoms with Gasteiger partial charge in [-0.05, 0) is 12.8 Å². The molecule has 0 aliphatic heterocycles. The highest BCUT2D eigenvalue weighted by Gasteiger charge is 2.07. The van der Waals surface area contributed by atoms with Gasteiger partial charge < -0.3 is 15.3 Å². The van der Waals surface area contributed by atoms with Crippen molar-refractivity contribution in [2.45, 2.75) is 25.8 Å². The zero-order chi connectivity index (χ0) is 14.1. The van der Waals surface area contributed by atoms with Crippen LogP contribution in [0.2, 0.25) is 0 Å². The Morgan fingerprint density at radius 1 is 1.42 bits per heavy atom. The molecule has 0 radical (unpaired) electrons. The third kappa shape index (κ3) is 6.39. The first-order valence-electron chi connectivity index (χ1n) is 6.14. The van der Waals surface area contributed by atoms with Gasteiger partial charge in [0.25, 0.3) is 0 Å². The molecule has 0 saturated carbocycles. The summed E-state index contributed by atoms with van der Waals surface area (Å²) in [5.41, 5.74) is 0. The van der Waals surface area contributed by atoms with Crippen molar-refractivity contribution in [2.75, 3.05) is 20.1 Å². The number of carboxylic acid groups (broad SMARTS) is 1. The molecule has 0 aliphatic carbocycles. The largest absolute Gasteiger partial charge is 0.481 e. The summed E-state index contributed by atoms with van der Waals surface area (Å²) >= 11 is 0. The molecular weight excluding hydrogens is 250 g/mol. The Balaban J connectivity index is 2.07. The van der Waals surface area contributed by atoms with Gasteiger partial charge >= 0.3 is 12.0 Å². The molecule has 19 heavy (non-hydrogen) atoms. The smallest absolute Gasteiger partial charge is 0.317 e. The molecule has 0 aromatic carbocycles. The lowest BCUT2D eigenvalue weighted by Gasteiger charge is -2.17. The Kier molecular flexibility index (Phi) is 6.34. The summed E-state index contributed by atoms with van der Waals surface area (Å²) in [6, 6.07) is -0.191. The lowest BCUT2D eigenvalue weighted by atomic mass is 10.3. The first-order valence-corrected chi connectivity index (χ1v) is 6.14. The van der Waals surface area contributed by atoms with E-state index in [0.717, 1.165) is 6.42 Å². The quantitative estimate of drug-likeness (QED) is 0.655. The molecule has 0 bridgehead atoms. The minimum Gasteiger partial charge on any atom is -0.481 e. The number of hydrogen-bond acceptors (Lipinski definition) is 4. The van der Waals surface area contributed by atoms with E-state index in [4.69, 9.17) is 5.11 Å². The average Bonchev–Trinajstić information content (AvgIpc) is 2.86. The van der Waals surface area contributed by atoms with E-state index in [-0.39, 0.29) is 12.5 Å². The van der Waals surface area contributed by atoms with Crippen molar-refractivity contribution in [1.29, 1.82) is 0 Å². The number of carbonyl (C=O) groups excluding carboxylic acids is 1. The molecule has 1 aromatic rings. The van der Waals surface area contributed by atoms with Crippen LogP contribution in [0.15, 0.2) is 12.4 Å². The van der Waals surface area contributed by atoms with E-state index in [2.05, 4.69) is 15.6 Å². The number of carboxylic acids is 1. The molecule has 1 aromatic heterocycles. The highest BCUT2D eigenvalue weighted by atomic mass is 16.4. The van der Waals surface area contributed by atoms with Crippen LogP contribution >= 0.6 is 0 Å². The molecule has 8 heteroatoms. The molecule has 0 spiro atoms. The summed E-state index contributed by atoms with van der Waals surface area (Å²) in [6.45, 7) is 1.67. The lowest BCUT2D eigenvalue weighted by molar-refractivity contribution is -0.137. The minimum absolute atomic E-state index is 0.0733. The van der Waals surface area contributed by atoms with Gasteiger partial charge in [0.05, 0.1) is 6.20 Å². The number of aliphatic carboxylic acids is 1. The number of nitrogens with one attached hydrogen (secondary N) is 1. The molecule has 8 nitrogen and oxygen atoms in total. The predicted molar refractivity (Wildman–Crippen MR) is 67.5 cm³/mol. The van der Waals surface area contributed by atoms with Crippen LogP contribution in [0, 0.1) is 0 Å². The maximum Gasteiger partial charge on any atom is 0.317 e. The molecular formula is C11H19N5O3. The Labute approximate surface area is 111 Å². The SMILES string of the molecule is CN(CCCC(=O)O)C(=O)NCCCn1ccnn1. The molecule has 1 heterocycles. The van der Waals surface area contributed by atoms with Crippen LogP contribution < -0.4 is 5.32 Å². The summed E-state index contributed by atoms with van der Waals surface area (Å²) in [4.78, 5) is 23.4. The molecule has 106 valence electrons. The Hall–Kier alpha value is -2.12. The predicted octanol–water partition coefficient (Wildman–Crippen LogP) is 0.174. The zero-order valence-corrected chi connectivity index (χ0v) is 10.9. The van der Waals surface area contributed by atoms with Gasteiger partial charge in [-0.25, -0.2) is 4.79 Å². The number of carbonyl (C=O) groups is 2. The van der Waals surface area contributed by atoms with Gasteiger partial charge in [0, 0.05) is 39.3 Å². The fourth-order valence-corrected chi connectivity index (χ4v) is 1.49. The van der Waals surface area contributed by atoms with Crippen LogP contribution in [0.5, 0.6) is 0 Å². The number of hydrogen-bond donors (Lipinski definition) is 2. The van der Waals surface area contributed by atoms with Crippen molar-refractivity contribution in [3.8, 4) is 0 Å². The van der Waals surface area contributed by atoms with E-state index in [0.29, 0.717) is 26.1 Å². The average molecular weight is 269 g/mol. The van der Waals surface area contributed by atoms with Crippen molar-refractivity contribution < 1.29 is 14.7 Å². The molecule has 0 fully saturated rings. The second kappa shape index (κ2) is 8.06. The first kappa shape index (κ1) is 14.9. The highest BCUT2D eigenvalue weighted by molar-refractivity contribution is 5.73. The van der Waals surface area contributed by atoms with Gasteiger partial charge in [0.15, 0.2) is 0 Å². The Morgan fingerprint density at radius 3 is 2.84 bits per heavy atom. The molecule has 0 saturated heterocycles. The standard InChI is InChI=1S/C11H19N5O3/c1-15(7-2-4-10(17)18)11(19)12-5-3-8-16-9-6-13-14-16/h6,9H,2-5,7-8H2,1H3,(H,12,19)(H,17,18). The first-order chi connectivity index (χ1) is 9.09. The summed E-state index contributed by atoms with van der Waals surface area (Å²) in [5.74, 6) is -0.846. The van der Waals surface area contributed by atoms with Crippen LogP contribution in [0.1, 0.15) is 19.3 Å². The zero-order valence-electron chi connectivity index (χ0n) is 10.9. The molecule has 2 amide bonds. The van der Waals surface area contributed by atoms with Gasteiger partial charge in [-0.15, -0.1) is 5.10 Å². The summed E-state index contributed by atoms with van der Waals surface area (Å²) in [5, 5.41) is 18.8. The van der Waals surface area contributed by atoms with E-state index >= 15 is 0 Å². The third-order valence-electron chi connectivity index (χ3n) is 2.54. The monoisotopic (exact) mass is 269 g/mol. The van der Waals surface area contributed by atoms with Gasteiger partial charge in [-0.1, -0.05) is 5.21 Å². The molecule has 2 N–H and O–H groups in total. The summed E-state index contributed by atoms with van der Waals surface area (Å²) in [6.07, 6.45) is 4.66.